The van der Waals surface area contributed by atoms with Gasteiger partial charge in [0.2, 0.25) is 0 Å². The zero-order chi connectivity index (χ0) is 11.2. The minimum absolute atomic E-state index is 0.778. The van der Waals surface area contributed by atoms with Crippen molar-refractivity contribution in [3.8, 4) is 0 Å². The maximum Gasteiger partial charge on any atom is 0.135 e. The highest BCUT2D eigenvalue weighted by Crippen LogP contribution is 2.07. The third kappa shape index (κ3) is 2.79. The molecular formula is C13H15N3. The molecule has 1 N–H and O–H groups in total. The highest BCUT2D eigenvalue weighted by atomic mass is 15.0. The van der Waals surface area contributed by atoms with Crippen molar-refractivity contribution in [3.63, 3.8) is 0 Å². The Balaban J connectivity index is 2.12. The number of nitrogens with zero attached hydrogens (tertiary/aromatic N) is 2. The first-order valence-electron chi connectivity index (χ1n) is 5.48. The van der Waals surface area contributed by atoms with Crippen LogP contribution in [0.4, 0.5) is 5.82 Å². The summed E-state index contributed by atoms with van der Waals surface area (Å²) in [6.45, 7) is 2.93. The predicted molar refractivity (Wildman–Crippen MR) is 65.4 cm³/mol. The molecular weight excluding hydrogens is 198 g/mol. The molecule has 1 aromatic carbocycles. The lowest BCUT2D eigenvalue weighted by Crippen LogP contribution is -2.03. The highest BCUT2D eigenvalue weighted by Gasteiger charge is 1.99. The van der Waals surface area contributed by atoms with Crippen molar-refractivity contribution in [3.05, 3.63) is 54.0 Å². The Morgan fingerprint density at radius 2 is 1.94 bits per heavy atom. The Hall–Kier alpha value is -1.90. The summed E-state index contributed by atoms with van der Waals surface area (Å²) in [6.07, 6.45) is 2.57. The molecule has 16 heavy (non-hydrogen) atoms. The molecule has 82 valence electrons. The van der Waals surface area contributed by atoms with Gasteiger partial charge in [-0.15, -0.1) is 0 Å². The van der Waals surface area contributed by atoms with E-state index in [2.05, 4.69) is 34.3 Å². The fourth-order valence-corrected chi connectivity index (χ4v) is 1.54. The van der Waals surface area contributed by atoms with E-state index < -0.39 is 0 Å². The molecule has 0 fully saturated rings. The van der Waals surface area contributed by atoms with Gasteiger partial charge < -0.3 is 5.32 Å². The van der Waals surface area contributed by atoms with Crippen molar-refractivity contribution in [2.24, 2.45) is 0 Å². The molecule has 2 rings (SSSR count). The Morgan fingerprint density at radius 1 is 1.12 bits per heavy atom. The molecule has 3 nitrogen and oxygen atoms in total. The fraction of sp³-hybridized carbons (Fsp3) is 0.231. The van der Waals surface area contributed by atoms with E-state index in [0.29, 0.717) is 0 Å². The summed E-state index contributed by atoms with van der Waals surface area (Å²) in [5.74, 6) is 1.74. The van der Waals surface area contributed by atoms with Crippen molar-refractivity contribution < 1.29 is 0 Å². The standard InChI is InChI=1S/C13H15N3/c1-2-14-12-8-9-15-13(16-12)10-11-6-4-3-5-7-11/h3-9H,2,10H2,1H3,(H,14,15,16). The van der Waals surface area contributed by atoms with E-state index in [1.165, 1.54) is 5.56 Å². The number of rotatable bonds is 4. The smallest absolute Gasteiger partial charge is 0.135 e. The molecule has 0 amide bonds. The molecule has 0 spiro atoms. The summed E-state index contributed by atoms with van der Waals surface area (Å²) in [4.78, 5) is 8.70. The monoisotopic (exact) mass is 213 g/mol. The lowest BCUT2D eigenvalue weighted by molar-refractivity contribution is 0.962. The molecule has 0 bridgehead atoms. The first kappa shape index (κ1) is 10.6. The Morgan fingerprint density at radius 3 is 2.69 bits per heavy atom. The molecule has 2 aromatic rings. The van der Waals surface area contributed by atoms with E-state index in [0.717, 1.165) is 24.6 Å². The summed E-state index contributed by atoms with van der Waals surface area (Å²) in [5.41, 5.74) is 1.23. The van der Waals surface area contributed by atoms with E-state index in [1.54, 1.807) is 6.20 Å². The summed E-state index contributed by atoms with van der Waals surface area (Å²) in [5, 5.41) is 3.18. The molecule has 0 saturated carbocycles. The number of benzene rings is 1. The topological polar surface area (TPSA) is 37.8 Å². The third-order valence-corrected chi connectivity index (χ3v) is 2.27. The zero-order valence-electron chi connectivity index (χ0n) is 9.35. The van der Waals surface area contributed by atoms with Crippen molar-refractivity contribution in [2.45, 2.75) is 13.3 Å². The van der Waals surface area contributed by atoms with E-state index >= 15 is 0 Å². The number of hydrogen-bond donors (Lipinski definition) is 1. The first-order chi connectivity index (χ1) is 7.88. The van der Waals surface area contributed by atoms with Crippen LogP contribution in [-0.2, 0) is 6.42 Å². The molecule has 1 heterocycles. The summed E-state index contributed by atoms with van der Waals surface area (Å²) >= 11 is 0. The Bertz CT molecular complexity index is 440. The average Bonchev–Trinajstić information content (AvgIpc) is 2.31. The van der Waals surface area contributed by atoms with Gasteiger partial charge in [-0.05, 0) is 18.6 Å². The first-order valence-corrected chi connectivity index (χ1v) is 5.48. The van der Waals surface area contributed by atoms with Crippen LogP contribution in [0.25, 0.3) is 0 Å². The molecule has 0 aliphatic heterocycles. The third-order valence-electron chi connectivity index (χ3n) is 2.27. The molecule has 0 unspecified atom stereocenters. The van der Waals surface area contributed by atoms with Gasteiger partial charge in [0.15, 0.2) is 0 Å². The van der Waals surface area contributed by atoms with Crippen LogP contribution >= 0.6 is 0 Å². The van der Waals surface area contributed by atoms with Gasteiger partial charge in [-0.2, -0.15) is 0 Å². The van der Waals surface area contributed by atoms with Crippen LogP contribution in [0.5, 0.6) is 0 Å². The van der Waals surface area contributed by atoms with E-state index in [1.807, 2.05) is 24.3 Å². The second-order valence-corrected chi connectivity index (χ2v) is 3.55. The van der Waals surface area contributed by atoms with Gasteiger partial charge in [-0.1, -0.05) is 30.3 Å². The predicted octanol–water partition coefficient (Wildman–Crippen LogP) is 2.50. The molecule has 0 atom stereocenters. The normalized spacial score (nSPS) is 10.1. The molecule has 0 aliphatic carbocycles. The van der Waals surface area contributed by atoms with Gasteiger partial charge in [-0.3, -0.25) is 0 Å². The average molecular weight is 213 g/mol. The lowest BCUT2D eigenvalue weighted by atomic mass is 10.1. The van der Waals surface area contributed by atoms with E-state index in [4.69, 9.17) is 0 Å². The molecule has 3 heteroatoms. The minimum Gasteiger partial charge on any atom is -0.370 e. The summed E-state index contributed by atoms with van der Waals surface area (Å²) in [6, 6.07) is 12.1. The highest BCUT2D eigenvalue weighted by molar-refractivity contribution is 5.33. The number of anilines is 1. The van der Waals surface area contributed by atoms with Crippen molar-refractivity contribution in [1.29, 1.82) is 0 Å². The molecule has 1 aromatic heterocycles. The second kappa shape index (κ2) is 5.26. The SMILES string of the molecule is CCNc1ccnc(Cc2ccccc2)n1. The van der Waals surface area contributed by atoms with Crippen LogP contribution in [0.1, 0.15) is 18.3 Å². The second-order valence-electron chi connectivity index (χ2n) is 3.55. The van der Waals surface area contributed by atoms with Crippen molar-refractivity contribution in [2.75, 3.05) is 11.9 Å². The van der Waals surface area contributed by atoms with Gasteiger partial charge in [0.1, 0.15) is 11.6 Å². The molecule has 0 aliphatic rings. The summed E-state index contributed by atoms with van der Waals surface area (Å²) < 4.78 is 0. The van der Waals surface area contributed by atoms with Gasteiger partial charge in [-0.25, -0.2) is 9.97 Å². The Kier molecular flexibility index (Phi) is 3.49. The van der Waals surface area contributed by atoms with Crippen LogP contribution in [-0.4, -0.2) is 16.5 Å². The van der Waals surface area contributed by atoms with Crippen LogP contribution in [0.2, 0.25) is 0 Å². The van der Waals surface area contributed by atoms with Gasteiger partial charge in [0.05, 0.1) is 0 Å². The lowest BCUT2D eigenvalue weighted by Gasteiger charge is -2.04. The number of aromatic nitrogens is 2. The number of hydrogen-bond acceptors (Lipinski definition) is 3. The minimum atomic E-state index is 0.778. The molecule has 0 saturated heterocycles. The van der Waals surface area contributed by atoms with Gasteiger partial charge in [0, 0.05) is 19.2 Å². The maximum atomic E-state index is 4.44. The van der Waals surface area contributed by atoms with E-state index in [-0.39, 0.29) is 0 Å². The zero-order valence-corrected chi connectivity index (χ0v) is 9.35. The quantitative estimate of drug-likeness (QED) is 0.848. The van der Waals surface area contributed by atoms with Crippen LogP contribution in [0, 0.1) is 0 Å². The van der Waals surface area contributed by atoms with Crippen molar-refractivity contribution in [1.82, 2.24) is 9.97 Å². The fourth-order valence-electron chi connectivity index (χ4n) is 1.54. The van der Waals surface area contributed by atoms with Crippen LogP contribution < -0.4 is 5.32 Å². The van der Waals surface area contributed by atoms with Crippen LogP contribution in [0.15, 0.2) is 42.6 Å². The van der Waals surface area contributed by atoms with E-state index in [9.17, 15) is 0 Å². The summed E-state index contributed by atoms with van der Waals surface area (Å²) in [7, 11) is 0. The number of nitrogens with one attached hydrogen (secondary N) is 1. The molecule has 0 radical (unpaired) electrons. The Labute approximate surface area is 95.6 Å². The van der Waals surface area contributed by atoms with Gasteiger partial charge >= 0.3 is 0 Å². The largest absolute Gasteiger partial charge is 0.370 e. The van der Waals surface area contributed by atoms with Crippen LogP contribution in [0.3, 0.4) is 0 Å². The van der Waals surface area contributed by atoms with Gasteiger partial charge in [0.25, 0.3) is 0 Å². The maximum absolute atomic E-state index is 4.44. The van der Waals surface area contributed by atoms with Crippen molar-refractivity contribution >= 4 is 5.82 Å².